The minimum absolute atomic E-state index is 0.272. The number of methoxy groups -OCH3 is 1. The van der Waals surface area contributed by atoms with Gasteiger partial charge in [-0.2, -0.15) is 0 Å². The molecular weight excluding hydrogens is 363 g/mol. The summed E-state index contributed by atoms with van der Waals surface area (Å²) in [6.07, 6.45) is 1.65. The van der Waals surface area contributed by atoms with E-state index < -0.39 is 0 Å². The number of hydrogen-bond donors (Lipinski definition) is 1. The van der Waals surface area contributed by atoms with Gasteiger partial charge in [-0.25, -0.2) is 9.37 Å². The quantitative estimate of drug-likeness (QED) is 0.690. The number of nitrogens with zero attached hydrogens (tertiary/aromatic N) is 1. The highest BCUT2D eigenvalue weighted by Gasteiger charge is 2.10. The molecule has 0 saturated heterocycles. The summed E-state index contributed by atoms with van der Waals surface area (Å²) in [6, 6.07) is 12.2. The number of oxazole rings is 1. The number of aromatic nitrogens is 1. The van der Waals surface area contributed by atoms with E-state index in [1.807, 2.05) is 24.3 Å². The second-order valence-corrected chi connectivity index (χ2v) is 5.65. The summed E-state index contributed by atoms with van der Waals surface area (Å²) in [4.78, 5) is 4.22. The summed E-state index contributed by atoms with van der Waals surface area (Å²) in [6.45, 7) is 0.272. The van der Waals surface area contributed by atoms with Crippen LogP contribution in [0, 0.1) is 5.82 Å². The highest BCUT2D eigenvalue weighted by atomic mass is 79.9. The first-order chi connectivity index (χ1) is 11.2. The predicted octanol–water partition coefficient (Wildman–Crippen LogP) is 4.86. The monoisotopic (exact) mass is 376 g/mol. The fourth-order valence-electron chi connectivity index (χ4n) is 2.12. The van der Waals surface area contributed by atoms with E-state index in [2.05, 4.69) is 26.2 Å². The van der Waals surface area contributed by atoms with Crippen molar-refractivity contribution >= 4 is 21.6 Å². The zero-order valence-electron chi connectivity index (χ0n) is 12.3. The SMILES string of the molecule is COc1ccc(F)c(NCc2ncc(-c3ccccc3Br)o2)c1. The molecule has 1 aromatic heterocycles. The minimum Gasteiger partial charge on any atom is -0.497 e. The van der Waals surface area contributed by atoms with Crippen molar-refractivity contribution in [3.63, 3.8) is 0 Å². The van der Waals surface area contributed by atoms with Crippen LogP contribution < -0.4 is 10.1 Å². The maximum absolute atomic E-state index is 13.8. The van der Waals surface area contributed by atoms with Crippen LogP contribution in [-0.4, -0.2) is 12.1 Å². The normalized spacial score (nSPS) is 10.6. The third-order valence-electron chi connectivity index (χ3n) is 3.30. The van der Waals surface area contributed by atoms with Crippen molar-refractivity contribution in [2.75, 3.05) is 12.4 Å². The van der Waals surface area contributed by atoms with Gasteiger partial charge < -0.3 is 14.5 Å². The fraction of sp³-hybridized carbons (Fsp3) is 0.118. The Kier molecular flexibility index (Phi) is 4.62. The summed E-state index contributed by atoms with van der Waals surface area (Å²) in [5, 5.41) is 2.96. The van der Waals surface area contributed by atoms with Crippen LogP contribution >= 0.6 is 15.9 Å². The maximum atomic E-state index is 13.8. The zero-order chi connectivity index (χ0) is 16.2. The number of hydrogen-bond acceptors (Lipinski definition) is 4. The van der Waals surface area contributed by atoms with Crippen molar-refractivity contribution < 1.29 is 13.5 Å². The Morgan fingerprint density at radius 2 is 2.09 bits per heavy atom. The van der Waals surface area contributed by atoms with Crippen molar-refractivity contribution in [3.05, 3.63) is 64.8 Å². The first kappa shape index (κ1) is 15.6. The van der Waals surface area contributed by atoms with E-state index >= 15 is 0 Å². The first-order valence-corrected chi connectivity index (χ1v) is 7.73. The Hall–Kier alpha value is -2.34. The van der Waals surface area contributed by atoms with Gasteiger partial charge in [-0.15, -0.1) is 0 Å². The van der Waals surface area contributed by atoms with Gasteiger partial charge in [0.15, 0.2) is 5.76 Å². The van der Waals surface area contributed by atoms with Crippen molar-refractivity contribution in [1.82, 2.24) is 4.98 Å². The van der Waals surface area contributed by atoms with Crippen LogP contribution in [0.25, 0.3) is 11.3 Å². The third-order valence-corrected chi connectivity index (χ3v) is 3.99. The smallest absolute Gasteiger partial charge is 0.214 e. The Balaban J connectivity index is 1.74. The highest BCUT2D eigenvalue weighted by Crippen LogP contribution is 2.28. The molecule has 0 unspecified atom stereocenters. The Morgan fingerprint density at radius 1 is 1.26 bits per heavy atom. The standard InChI is InChI=1S/C17H14BrFN2O2/c1-22-11-6-7-14(19)15(8-11)20-10-17-21-9-16(23-17)12-4-2-3-5-13(12)18/h2-9,20H,10H2,1H3. The second-order valence-electron chi connectivity index (χ2n) is 4.80. The molecule has 3 aromatic rings. The summed E-state index contributed by atoms with van der Waals surface area (Å²) in [5.41, 5.74) is 1.25. The van der Waals surface area contributed by atoms with Crippen molar-refractivity contribution in [2.45, 2.75) is 6.54 Å². The van der Waals surface area contributed by atoms with E-state index in [-0.39, 0.29) is 12.4 Å². The molecule has 118 valence electrons. The molecule has 4 nitrogen and oxygen atoms in total. The molecule has 3 rings (SSSR count). The van der Waals surface area contributed by atoms with E-state index in [0.717, 1.165) is 10.0 Å². The molecule has 0 atom stereocenters. The average molecular weight is 377 g/mol. The third kappa shape index (κ3) is 3.53. The van der Waals surface area contributed by atoms with Crippen LogP contribution in [0.15, 0.2) is 57.6 Å². The average Bonchev–Trinajstić information content (AvgIpc) is 3.03. The molecule has 0 bridgehead atoms. The molecule has 0 aliphatic heterocycles. The van der Waals surface area contributed by atoms with Crippen LogP contribution in [-0.2, 0) is 6.54 Å². The molecule has 1 N–H and O–H groups in total. The molecule has 0 saturated carbocycles. The van der Waals surface area contributed by atoms with E-state index in [4.69, 9.17) is 9.15 Å². The number of halogens is 2. The van der Waals surface area contributed by atoms with E-state index in [9.17, 15) is 4.39 Å². The molecule has 23 heavy (non-hydrogen) atoms. The highest BCUT2D eigenvalue weighted by molar-refractivity contribution is 9.10. The molecule has 0 radical (unpaired) electrons. The van der Waals surface area contributed by atoms with Crippen LogP contribution in [0.2, 0.25) is 0 Å². The maximum Gasteiger partial charge on any atom is 0.214 e. The van der Waals surface area contributed by atoms with Crippen LogP contribution in [0.3, 0.4) is 0 Å². The molecule has 2 aromatic carbocycles. The topological polar surface area (TPSA) is 47.3 Å². The Morgan fingerprint density at radius 3 is 2.87 bits per heavy atom. The van der Waals surface area contributed by atoms with E-state index in [0.29, 0.717) is 23.1 Å². The molecule has 0 amide bonds. The van der Waals surface area contributed by atoms with Gasteiger partial charge in [-0.05, 0) is 18.2 Å². The molecule has 0 fully saturated rings. The number of ether oxygens (including phenoxy) is 1. The van der Waals surface area contributed by atoms with Gasteiger partial charge in [-0.3, -0.25) is 0 Å². The van der Waals surface area contributed by atoms with Gasteiger partial charge in [0, 0.05) is 16.1 Å². The van der Waals surface area contributed by atoms with E-state index in [1.165, 1.54) is 13.2 Å². The van der Waals surface area contributed by atoms with Gasteiger partial charge >= 0.3 is 0 Å². The van der Waals surface area contributed by atoms with E-state index in [1.54, 1.807) is 18.3 Å². The predicted molar refractivity (Wildman–Crippen MR) is 89.9 cm³/mol. The van der Waals surface area contributed by atoms with Gasteiger partial charge in [0.2, 0.25) is 5.89 Å². The lowest BCUT2D eigenvalue weighted by molar-refractivity contribution is 0.414. The van der Waals surface area contributed by atoms with Gasteiger partial charge in [0.1, 0.15) is 11.6 Å². The number of rotatable bonds is 5. The van der Waals surface area contributed by atoms with Gasteiger partial charge in [-0.1, -0.05) is 34.1 Å². The molecule has 1 heterocycles. The largest absolute Gasteiger partial charge is 0.497 e. The number of benzene rings is 2. The van der Waals surface area contributed by atoms with Crippen LogP contribution in [0.5, 0.6) is 5.75 Å². The molecule has 0 aliphatic rings. The Labute approximate surface area is 141 Å². The minimum atomic E-state index is -0.358. The number of nitrogens with one attached hydrogen (secondary N) is 1. The fourth-order valence-corrected chi connectivity index (χ4v) is 2.60. The van der Waals surface area contributed by atoms with Gasteiger partial charge in [0.25, 0.3) is 0 Å². The summed E-state index contributed by atoms with van der Waals surface area (Å²) >= 11 is 3.48. The van der Waals surface area contributed by atoms with Crippen LogP contribution in [0.1, 0.15) is 5.89 Å². The molecule has 0 spiro atoms. The van der Waals surface area contributed by atoms with Crippen molar-refractivity contribution in [2.24, 2.45) is 0 Å². The van der Waals surface area contributed by atoms with Gasteiger partial charge in [0.05, 0.1) is 25.5 Å². The molecule has 6 heteroatoms. The zero-order valence-corrected chi connectivity index (χ0v) is 13.9. The Bertz CT molecular complexity index is 820. The lowest BCUT2D eigenvalue weighted by Crippen LogP contribution is -2.02. The lowest BCUT2D eigenvalue weighted by Gasteiger charge is -2.07. The molecular formula is C17H14BrFN2O2. The summed E-state index contributed by atoms with van der Waals surface area (Å²) in [7, 11) is 1.54. The summed E-state index contributed by atoms with van der Waals surface area (Å²) in [5.74, 6) is 1.34. The van der Waals surface area contributed by atoms with Crippen molar-refractivity contribution in [3.8, 4) is 17.1 Å². The second kappa shape index (κ2) is 6.83. The van der Waals surface area contributed by atoms with Crippen LogP contribution in [0.4, 0.5) is 10.1 Å². The summed E-state index contributed by atoms with van der Waals surface area (Å²) < 4.78 is 25.5. The molecule has 0 aliphatic carbocycles. The first-order valence-electron chi connectivity index (χ1n) is 6.94. The lowest BCUT2D eigenvalue weighted by atomic mass is 10.2. The van der Waals surface area contributed by atoms with Crippen molar-refractivity contribution in [1.29, 1.82) is 0 Å². The number of anilines is 1.